The van der Waals surface area contributed by atoms with Crippen LogP contribution in [-0.4, -0.2) is 35.6 Å². The summed E-state index contributed by atoms with van der Waals surface area (Å²) in [6.45, 7) is 0.227. The number of imidazole rings is 1. The molecule has 2 rings (SSSR count). The smallest absolute Gasteiger partial charge is 0.319 e. The zero-order chi connectivity index (χ0) is 13.7. The lowest BCUT2D eigenvalue weighted by atomic mass is 10.3. The average Bonchev–Trinajstić information content (AvgIpc) is 2.85. The third-order valence-electron chi connectivity index (χ3n) is 2.52. The fraction of sp³-hybridized carbons (Fsp3) is 0.250. The first-order valence-corrected chi connectivity index (χ1v) is 5.74. The van der Waals surface area contributed by atoms with Gasteiger partial charge in [-0.05, 0) is 18.2 Å². The quantitative estimate of drug-likeness (QED) is 0.722. The molecular weight excluding hydrogens is 248 g/mol. The standard InChI is InChI=1S/C12H14N4O3/c1-19-11(17)4-5-13-12(18)16-8-2-3-9-10(6-8)15-7-14-9/h2-3,6-7H,4-5H2,1H3,(H,14,15)(H2,13,16,18). The van der Waals surface area contributed by atoms with Crippen molar-refractivity contribution < 1.29 is 14.3 Å². The topological polar surface area (TPSA) is 96.1 Å². The van der Waals surface area contributed by atoms with Crippen LogP contribution in [0.3, 0.4) is 0 Å². The molecule has 100 valence electrons. The summed E-state index contributed by atoms with van der Waals surface area (Å²) in [5.74, 6) is -0.362. The van der Waals surface area contributed by atoms with Crippen molar-refractivity contribution in [3.05, 3.63) is 24.5 Å². The number of amides is 2. The average molecular weight is 262 g/mol. The van der Waals surface area contributed by atoms with Gasteiger partial charge in [0.1, 0.15) is 0 Å². The van der Waals surface area contributed by atoms with Crippen molar-refractivity contribution >= 4 is 28.7 Å². The summed E-state index contributed by atoms with van der Waals surface area (Å²) in [5.41, 5.74) is 2.32. The minimum atomic E-state index is -0.372. The highest BCUT2D eigenvalue weighted by molar-refractivity contribution is 5.91. The summed E-state index contributed by atoms with van der Waals surface area (Å²) in [5, 5.41) is 5.23. The molecule has 0 radical (unpaired) electrons. The molecule has 1 aromatic heterocycles. The first-order valence-electron chi connectivity index (χ1n) is 5.74. The molecule has 7 heteroatoms. The summed E-state index contributed by atoms with van der Waals surface area (Å²) in [4.78, 5) is 29.5. The normalized spacial score (nSPS) is 10.2. The predicted molar refractivity (Wildman–Crippen MR) is 69.7 cm³/mol. The van der Waals surface area contributed by atoms with Crippen molar-refractivity contribution in [1.82, 2.24) is 15.3 Å². The Morgan fingerprint density at radius 2 is 2.26 bits per heavy atom. The highest BCUT2D eigenvalue weighted by Crippen LogP contribution is 2.15. The summed E-state index contributed by atoms with van der Waals surface area (Å²) in [6.07, 6.45) is 1.73. The Morgan fingerprint density at radius 1 is 1.42 bits per heavy atom. The molecule has 19 heavy (non-hydrogen) atoms. The van der Waals surface area contributed by atoms with Crippen LogP contribution in [-0.2, 0) is 9.53 Å². The summed E-state index contributed by atoms with van der Waals surface area (Å²) in [7, 11) is 1.31. The van der Waals surface area contributed by atoms with Gasteiger partial charge >= 0.3 is 12.0 Å². The van der Waals surface area contributed by atoms with E-state index in [1.807, 2.05) is 0 Å². The predicted octanol–water partition coefficient (Wildman–Crippen LogP) is 1.25. The zero-order valence-electron chi connectivity index (χ0n) is 10.4. The highest BCUT2D eigenvalue weighted by atomic mass is 16.5. The number of esters is 1. The lowest BCUT2D eigenvalue weighted by Crippen LogP contribution is -2.30. The number of carbonyl (C=O) groups is 2. The van der Waals surface area contributed by atoms with Crippen LogP contribution in [0.15, 0.2) is 24.5 Å². The van der Waals surface area contributed by atoms with Crippen LogP contribution in [0.25, 0.3) is 11.0 Å². The molecule has 0 bridgehead atoms. The van der Waals surface area contributed by atoms with Crippen LogP contribution < -0.4 is 10.6 Å². The summed E-state index contributed by atoms with van der Waals surface area (Å²) >= 11 is 0. The maximum atomic E-state index is 11.6. The molecule has 0 aliphatic carbocycles. The van der Waals surface area contributed by atoms with E-state index in [0.717, 1.165) is 11.0 Å². The Hall–Kier alpha value is -2.57. The fourth-order valence-corrected chi connectivity index (χ4v) is 1.57. The minimum absolute atomic E-state index is 0.142. The lowest BCUT2D eigenvalue weighted by Gasteiger charge is -2.07. The number of ether oxygens (including phenoxy) is 1. The number of hydrogen-bond donors (Lipinski definition) is 3. The number of aromatic nitrogens is 2. The molecule has 0 unspecified atom stereocenters. The number of anilines is 1. The Morgan fingerprint density at radius 3 is 3.05 bits per heavy atom. The number of hydrogen-bond acceptors (Lipinski definition) is 4. The number of H-pyrrole nitrogens is 1. The number of benzene rings is 1. The third-order valence-corrected chi connectivity index (χ3v) is 2.52. The van der Waals surface area contributed by atoms with Crippen molar-refractivity contribution in [2.75, 3.05) is 19.0 Å². The molecule has 0 spiro atoms. The number of methoxy groups -OCH3 is 1. The molecule has 0 saturated heterocycles. The monoisotopic (exact) mass is 262 g/mol. The van der Waals surface area contributed by atoms with Gasteiger partial charge in [0.05, 0.1) is 30.9 Å². The Labute approximate surface area is 109 Å². The maximum absolute atomic E-state index is 11.6. The van der Waals surface area contributed by atoms with Gasteiger partial charge in [0, 0.05) is 12.2 Å². The van der Waals surface area contributed by atoms with Crippen LogP contribution in [0.1, 0.15) is 6.42 Å². The molecule has 0 atom stereocenters. The number of fused-ring (bicyclic) bond motifs is 1. The van der Waals surface area contributed by atoms with E-state index in [1.54, 1.807) is 24.5 Å². The van der Waals surface area contributed by atoms with Gasteiger partial charge in [-0.1, -0.05) is 0 Å². The van der Waals surface area contributed by atoms with E-state index in [2.05, 4.69) is 25.3 Å². The second kappa shape index (κ2) is 5.85. The van der Waals surface area contributed by atoms with Gasteiger partial charge in [0.25, 0.3) is 0 Å². The number of aromatic amines is 1. The van der Waals surface area contributed by atoms with Crippen LogP contribution in [0.4, 0.5) is 10.5 Å². The molecule has 0 aliphatic rings. The van der Waals surface area contributed by atoms with Crippen LogP contribution in [0.5, 0.6) is 0 Å². The third kappa shape index (κ3) is 3.44. The molecule has 3 N–H and O–H groups in total. The van der Waals surface area contributed by atoms with E-state index in [9.17, 15) is 9.59 Å². The summed E-state index contributed by atoms with van der Waals surface area (Å²) in [6, 6.07) is 4.96. The van der Waals surface area contributed by atoms with Gasteiger partial charge in [-0.3, -0.25) is 4.79 Å². The first-order chi connectivity index (χ1) is 9.19. The number of nitrogens with one attached hydrogen (secondary N) is 3. The van der Waals surface area contributed by atoms with Crippen LogP contribution in [0.2, 0.25) is 0 Å². The zero-order valence-corrected chi connectivity index (χ0v) is 10.4. The van der Waals surface area contributed by atoms with Crippen molar-refractivity contribution in [1.29, 1.82) is 0 Å². The van der Waals surface area contributed by atoms with E-state index >= 15 is 0 Å². The first kappa shape index (κ1) is 12.9. The summed E-state index contributed by atoms with van der Waals surface area (Å²) < 4.78 is 4.47. The van der Waals surface area contributed by atoms with Crippen LogP contribution in [0, 0.1) is 0 Å². The largest absolute Gasteiger partial charge is 0.469 e. The molecule has 1 aromatic carbocycles. The van der Waals surface area contributed by atoms with Gasteiger partial charge in [-0.2, -0.15) is 0 Å². The van der Waals surface area contributed by atoms with E-state index in [-0.39, 0.29) is 25.0 Å². The van der Waals surface area contributed by atoms with Crippen molar-refractivity contribution in [2.24, 2.45) is 0 Å². The van der Waals surface area contributed by atoms with E-state index in [0.29, 0.717) is 5.69 Å². The molecule has 2 amide bonds. The molecule has 0 aliphatic heterocycles. The van der Waals surface area contributed by atoms with Gasteiger partial charge in [0.2, 0.25) is 0 Å². The number of carbonyl (C=O) groups excluding carboxylic acids is 2. The second-order valence-electron chi connectivity index (χ2n) is 3.84. The SMILES string of the molecule is COC(=O)CCNC(=O)Nc1ccc2nc[nH]c2c1. The molecule has 1 heterocycles. The second-order valence-corrected chi connectivity index (χ2v) is 3.84. The molecular formula is C12H14N4O3. The molecule has 2 aromatic rings. The minimum Gasteiger partial charge on any atom is -0.469 e. The van der Waals surface area contributed by atoms with Gasteiger partial charge < -0.3 is 20.4 Å². The lowest BCUT2D eigenvalue weighted by molar-refractivity contribution is -0.140. The number of nitrogens with zero attached hydrogens (tertiary/aromatic N) is 1. The highest BCUT2D eigenvalue weighted by Gasteiger charge is 2.05. The van der Waals surface area contributed by atoms with E-state index < -0.39 is 0 Å². The number of urea groups is 1. The molecule has 0 saturated carbocycles. The number of rotatable bonds is 4. The molecule has 7 nitrogen and oxygen atoms in total. The molecule has 0 fully saturated rings. The van der Waals surface area contributed by atoms with E-state index in [1.165, 1.54) is 7.11 Å². The maximum Gasteiger partial charge on any atom is 0.319 e. The van der Waals surface area contributed by atoms with E-state index in [4.69, 9.17) is 0 Å². The Kier molecular flexibility index (Phi) is 3.97. The van der Waals surface area contributed by atoms with Crippen LogP contribution >= 0.6 is 0 Å². The van der Waals surface area contributed by atoms with Crippen molar-refractivity contribution in [2.45, 2.75) is 6.42 Å². The fourth-order valence-electron chi connectivity index (χ4n) is 1.57. The van der Waals surface area contributed by atoms with Crippen molar-refractivity contribution in [3.63, 3.8) is 0 Å². The van der Waals surface area contributed by atoms with Gasteiger partial charge in [0.15, 0.2) is 0 Å². The van der Waals surface area contributed by atoms with Crippen molar-refractivity contribution in [3.8, 4) is 0 Å². The van der Waals surface area contributed by atoms with Gasteiger partial charge in [-0.15, -0.1) is 0 Å². The Balaban J connectivity index is 1.86. The van der Waals surface area contributed by atoms with Gasteiger partial charge in [-0.25, -0.2) is 9.78 Å². The Bertz CT molecular complexity index is 593.